The number of hydrogen-bond donors (Lipinski definition) is 5. The summed E-state index contributed by atoms with van der Waals surface area (Å²) in [6.45, 7) is 4.66. The quantitative estimate of drug-likeness (QED) is 0.493. The van der Waals surface area contributed by atoms with Crippen LogP contribution in [0.15, 0.2) is 0 Å². The Labute approximate surface area is 138 Å². The molecule has 5 atom stereocenters. The van der Waals surface area contributed by atoms with Crippen LogP contribution in [0.5, 0.6) is 0 Å². The van der Waals surface area contributed by atoms with Crippen molar-refractivity contribution in [3.8, 4) is 0 Å². The summed E-state index contributed by atoms with van der Waals surface area (Å²) < 4.78 is 0. The fourth-order valence-electron chi connectivity index (χ4n) is 4.52. The van der Waals surface area contributed by atoms with E-state index in [1.807, 2.05) is 6.92 Å². The summed E-state index contributed by atoms with van der Waals surface area (Å²) in [7, 11) is 0. The van der Waals surface area contributed by atoms with Gasteiger partial charge in [0, 0.05) is 18.0 Å². The molecule has 3 rings (SSSR count). The van der Waals surface area contributed by atoms with Gasteiger partial charge in [-0.05, 0) is 69.9 Å². The first-order chi connectivity index (χ1) is 10.6. The Morgan fingerprint density at radius 2 is 1.91 bits per heavy atom. The van der Waals surface area contributed by atoms with Gasteiger partial charge in [-0.15, -0.1) is 11.6 Å². The Hall–Kier alpha value is 0.0900. The van der Waals surface area contributed by atoms with Crippen molar-refractivity contribution in [1.29, 1.82) is 0 Å². The van der Waals surface area contributed by atoms with E-state index in [0.29, 0.717) is 29.8 Å². The number of fused-ring (bicyclic) bond motifs is 1. The monoisotopic (exact) mass is 330 g/mol. The molecule has 0 aromatic carbocycles. The van der Waals surface area contributed by atoms with Gasteiger partial charge in [0.25, 0.3) is 0 Å². The average molecular weight is 331 g/mol. The molecular formula is C16H31ClN4O. The van der Waals surface area contributed by atoms with Gasteiger partial charge in [-0.25, -0.2) is 5.43 Å². The van der Waals surface area contributed by atoms with E-state index in [1.165, 1.54) is 19.3 Å². The lowest BCUT2D eigenvalue weighted by molar-refractivity contribution is 0.0286. The maximum absolute atomic E-state index is 9.52. The first-order valence-corrected chi connectivity index (χ1v) is 9.36. The molecule has 0 amide bonds. The van der Waals surface area contributed by atoms with Crippen molar-refractivity contribution < 1.29 is 5.11 Å². The zero-order valence-corrected chi connectivity index (χ0v) is 14.3. The number of alkyl halides is 1. The molecule has 0 aromatic rings. The predicted molar refractivity (Wildman–Crippen MR) is 89.6 cm³/mol. The number of hydrazine groups is 1. The van der Waals surface area contributed by atoms with E-state index in [0.717, 1.165) is 31.8 Å². The molecule has 22 heavy (non-hydrogen) atoms. The zero-order valence-electron chi connectivity index (χ0n) is 13.5. The van der Waals surface area contributed by atoms with E-state index >= 15 is 0 Å². The zero-order chi connectivity index (χ0) is 15.5. The minimum Gasteiger partial charge on any atom is -0.392 e. The molecule has 1 saturated carbocycles. The first kappa shape index (κ1) is 16.9. The highest BCUT2D eigenvalue weighted by Crippen LogP contribution is 2.37. The van der Waals surface area contributed by atoms with E-state index in [1.54, 1.807) is 0 Å². The van der Waals surface area contributed by atoms with Crippen LogP contribution in [-0.2, 0) is 0 Å². The number of hydrogen-bond acceptors (Lipinski definition) is 5. The van der Waals surface area contributed by atoms with Crippen LogP contribution < -0.4 is 21.5 Å². The van der Waals surface area contributed by atoms with Crippen LogP contribution in [0.3, 0.4) is 0 Å². The summed E-state index contributed by atoms with van der Waals surface area (Å²) in [6.07, 6.45) is 5.92. The molecule has 0 spiro atoms. The second-order valence-electron chi connectivity index (χ2n) is 7.38. The molecule has 4 unspecified atom stereocenters. The van der Waals surface area contributed by atoms with Crippen molar-refractivity contribution in [2.75, 3.05) is 19.6 Å². The van der Waals surface area contributed by atoms with Crippen LogP contribution in [0.1, 0.15) is 39.0 Å². The normalized spacial score (nSPS) is 44.3. The first-order valence-electron chi connectivity index (χ1n) is 8.92. The van der Waals surface area contributed by atoms with Gasteiger partial charge in [0.15, 0.2) is 0 Å². The van der Waals surface area contributed by atoms with Gasteiger partial charge < -0.3 is 10.4 Å². The smallest absolute Gasteiger partial charge is 0.0737 e. The van der Waals surface area contributed by atoms with Crippen LogP contribution in [0, 0.1) is 17.8 Å². The van der Waals surface area contributed by atoms with Crippen molar-refractivity contribution >= 4 is 11.6 Å². The van der Waals surface area contributed by atoms with E-state index < -0.39 is 0 Å². The molecule has 5 nitrogen and oxygen atoms in total. The van der Waals surface area contributed by atoms with Crippen LogP contribution in [-0.4, -0.2) is 48.4 Å². The largest absolute Gasteiger partial charge is 0.392 e. The number of aliphatic hydroxyl groups is 1. The Morgan fingerprint density at radius 3 is 2.64 bits per heavy atom. The van der Waals surface area contributed by atoms with E-state index in [-0.39, 0.29) is 12.3 Å². The Kier molecular flexibility index (Phi) is 5.98. The van der Waals surface area contributed by atoms with Crippen molar-refractivity contribution in [1.82, 2.24) is 21.5 Å². The minimum atomic E-state index is -0.307. The molecule has 3 aliphatic rings. The Morgan fingerprint density at radius 1 is 1.14 bits per heavy atom. The highest BCUT2D eigenvalue weighted by Gasteiger charge is 2.43. The molecule has 1 aliphatic carbocycles. The Balaban J connectivity index is 1.62. The molecular weight excluding hydrogens is 300 g/mol. The standard InChI is InChI=1S/C16H31ClN4O/c1-10(22)8-19-16-13-6-7-18-9-14(13)15(20-21-16)11-2-4-12(17)5-3-11/h10-16,18-22H,2-9H2,1H3/t10-,11?,12?,13?,14?,15?,16?/m1/s1. The minimum absolute atomic E-state index is 0.252. The summed E-state index contributed by atoms with van der Waals surface area (Å²) in [4.78, 5) is 0. The third-order valence-electron chi connectivity index (χ3n) is 5.72. The summed E-state index contributed by atoms with van der Waals surface area (Å²) in [5, 5.41) is 17.0. The fraction of sp³-hybridized carbons (Fsp3) is 1.00. The van der Waals surface area contributed by atoms with E-state index in [9.17, 15) is 5.11 Å². The van der Waals surface area contributed by atoms with Crippen molar-refractivity contribution in [3.05, 3.63) is 0 Å². The van der Waals surface area contributed by atoms with Crippen LogP contribution in [0.4, 0.5) is 0 Å². The number of aliphatic hydroxyl groups excluding tert-OH is 1. The third-order valence-corrected chi connectivity index (χ3v) is 6.16. The van der Waals surface area contributed by atoms with Gasteiger partial charge in [0.1, 0.15) is 0 Å². The van der Waals surface area contributed by atoms with Crippen molar-refractivity contribution in [2.45, 2.75) is 62.7 Å². The Bertz CT molecular complexity index is 349. The van der Waals surface area contributed by atoms with Gasteiger partial charge in [0.2, 0.25) is 0 Å². The lowest BCUT2D eigenvalue weighted by atomic mass is 9.70. The summed E-state index contributed by atoms with van der Waals surface area (Å²) in [5.74, 6) is 2.01. The highest BCUT2D eigenvalue weighted by molar-refractivity contribution is 6.20. The lowest BCUT2D eigenvalue weighted by Crippen LogP contribution is -2.70. The van der Waals surface area contributed by atoms with Crippen molar-refractivity contribution in [2.24, 2.45) is 17.8 Å². The van der Waals surface area contributed by atoms with Gasteiger partial charge in [0.05, 0.1) is 12.3 Å². The van der Waals surface area contributed by atoms with Crippen LogP contribution in [0.25, 0.3) is 0 Å². The second kappa shape index (κ2) is 7.77. The fourth-order valence-corrected chi connectivity index (χ4v) is 4.77. The summed E-state index contributed by atoms with van der Waals surface area (Å²) in [6, 6.07) is 0.534. The molecule has 3 fully saturated rings. The highest BCUT2D eigenvalue weighted by atomic mass is 35.5. The van der Waals surface area contributed by atoms with Crippen molar-refractivity contribution in [3.63, 3.8) is 0 Å². The van der Waals surface area contributed by atoms with E-state index in [2.05, 4.69) is 21.5 Å². The van der Waals surface area contributed by atoms with Gasteiger partial charge in [-0.1, -0.05) is 0 Å². The molecule has 128 valence electrons. The average Bonchev–Trinajstić information content (AvgIpc) is 2.53. The SMILES string of the molecule is C[C@@H](O)CNC1NNC(C2CCC(Cl)CC2)C2CNCCC12. The van der Waals surface area contributed by atoms with E-state index in [4.69, 9.17) is 11.6 Å². The molecule has 2 heterocycles. The molecule has 2 saturated heterocycles. The number of rotatable bonds is 4. The molecule has 0 bridgehead atoms. The summed E-state index contributed by atoms with van der Waals surface area (Å²) in [5.41, 5.74) is 7.10. The lowest BCUT2D eigenvalue weighted by Gasteiger charge is -2.50. The molecule has 0 radical (unpaired) electrons. The topological polar surface area (TPSA) is 68.3 Å². The summed E-state index contributed by atoms with van der Waals surface area (Å²) >= 11 is 6.27. The van der Waals surface area contributed by atoms with Gasteiger partial charge >= 0.3 is 0 Å². The van der Waals surface area contributed by atoms with Crippen LogP contribution >= 0.6 is 11.6 Å². The predicted octanol–water partition coefficient (Wildman–Crippen LogP) is 0.783. The molecule has 0 aromatic heterocycles. The second-order valence-corrected chi connectivity index (χ2v) is 8.00. The third kappa shape index (κ3) is 3.94. The number of halogens is 1. The molecule has 5 N–H and O–H groups in total. The maximum atomic E-state index is 9.52. The molecule has 6 heteroatoms. The number of nitrogens with one attached hydrogen (secondary N) is 4. The van der Waals surface area contributed by atoms with Gasteiger partial charge in [-0.3, -0.25) is 10.7 Å². The number of piperidine rings is 1. The maximum Gasteiger partial charge on any atom is 0.0737 e. The van der Waals surface area contributed by atoms with Crippen LogP contribution in [0.2, 0.25) is 0 Å². The molecule has 2 aliphatic heterocycles. The van der Waals surface area contributed by atoms with Gasteiger partial charge in [-0.2, -0.15) is 0 Å².